The van der Waals surface area contributed by atoms with Crippen LogP contribution in [0.5, 0.6) is 0 Å². The lowest BCUT2D eigenvalue weighted by Gasteiger charge is -2.41. The van der Waals surface area contributed by atoms with Crippen molar-refractivity contribution < 1.29 is 38.2 Å². The minimum absolute atomic E-state index is 0.0136. The number of esters is 1. The minimum Gasteiger partial charge on any atom is -0.467 e. The molecule has 2 aliphatic rings. The van der Waals surface area contributed by atoms with Crippen LogP contribution in [0.15, 0.2) is 30.3 Å². The normalized spacial score (nSPS) is 22.8. The predicted molar refractivity (Wildman–Crippen MR) is 207 cm³/mol. The lowest BCUT2D eigenvalue weighted by atomic mass is 9.89. The first-order valence-corrected chi connectivity index (χ1v) is 19.6. The number of ether oxygens (including phenoxy) is 3. The summed E-state index contributed by atoms with van der Waals surface area (Å²) in [6.07, 6.45) is 2.76. The van der Waals surface area contributed by atoms with E-state index in [1.807, 2.05) is 76.9 Å². The van der Waals surface area contributed by atoms with Gasteiger partial charge in [-0.1, -0.05) is 71.4 Å². The average Bonchev–Trinajstić information content (AvgIpc) is 3.79. The van der Waals surface area contributed by atoms with Gasteiger partial charge in [0, 0.05) is 34.2 Å². The molecular weight excluding hydrogens is 690 g/mol. The largest absolute Gasteiger partial charge is 0.467 e. The van der Waals surface area contributed by atoms with Crippen LogP contribution in [-0.2, 0) is 44.6 Å². The van der Waals surface area contributed by atoms with Gasteiger partial charge >= 0.3 is 5.97 Å². The number of hydrogen-bond donors (Lipinski definition) is 2. The van der Waals surface area contributed by atoms with Crippen LogP contribution in [0.25, 0.3) is 0 Å². The van der Waals surface area contributed by atoms with Crippen molar-refractivity contribution in [1.29, 1.82) is 0 Å². The van der Waals surface area contributed by atoms with E-state index in [0.29, 0.717) is 13.0 Å². The summed E-state index contributed by atoms with van der Waals surface area (Å²) >= 11 is 0. The van der Waals surface area contributed by atoms with Gasteiger partial charge in [0.15, 0.2) is 0 Å². The molecule has 3 rings (SSSR count). The van der Waals surface area contributed by atoms with Crippen LogP contribution >= 0.6 is 0 Å². The molecule has 2 saturated heterocycles. The van der Waals surface area contributed by atoms with Gasteiger partial charge in [0.25, 0.3) is 0 Å². The Labute approximate surface area is 323 Å². The zero-order valence-electron chi connectivity index (χ0n) is 34.6. The Morgan fingerprint density at radius 3 is 2.17 bits per heavy atom. The third-order valence-electron chi connectivity index (χ3n) is 12.1. The number of carbonyl (C=O) groups excluding carboxylic acids is 5. The summed E-state index contributed by atoms with van der Waals surface area (Å²) in [7, 11) is 8.05. The number of rotatable bonds is 19. The number of amides is 4. The number of likely N-dealkylation sites (N-methyl/N-ethyl adjacent to an activating group) is 2. The smallest absolute Gasteiger partial charge is 0.328 e. The molecule has 0 bridgehead atoms. The molecule has 0 spiro atoms. The number of nitrogens with zero attached hydrogens (tertiary/aromatic N) is 3. The molecule has 2 fully saturated rings. The van der Waals surface area contributed by atoms with Gasteiger partial charge in [0.1, 0.15) is 12.1 Å². The highest BCUT2D eigenvalue weighted by Gasteiger charge is 2.45. The first-order chi connectivity index (χ1) is 25.6. The zero-order chi connectivity index (χ0) is 40.3. The summed E-state index contributed by atoms with van der Waals surface area (Å²) in [6.45, 7) is 12.9. The number of nitrogens with one attached hydrogen (secondary N) is 2. The fraction of sp³-hybridized carbons (Fsp3) is 0.732. The molecule has 9 atom stereocenters. The molecule has 13 nitrogen and oxygen atoms in total. The number of methoxy groups -OCH3 is 3. The predicted octanol–water partition coefficient (Wildman–Crippen LogP) is 3.43. The molecular formula is C41H67N5O8. The molecule has 2 aliphatic heterocycles. The second-order valence-corrected chi connectivity index (χ2v) is 15.9. The zero-order valence-corrected chi connectivity index (χ0v) is 34.6. The van der Waals surface area contributed by atoms with E-state index in [1.54, 1.807) is 30.9 Å². The maximum atomic E-state index is 14.3. The van der Waals surface area contributed by atoms with E-state index in [1.165, 1.54) is 14.2 Å². The van der Waals surface area contributed by atoms with Gasteiger partial charge in [-0.05, 0) is 63.6 Å². The summed E-state index contributed by atoms with van der Waals surface area (Å²) in [4.78, 5) is 73.9. The summed E-state index contributed by atoms with van der Waals surface area (Å²) in [5.41, 5.74) is 0.197. The first kappa shape index (κ1) is 44.8. The molecule has 4 amide bonds. The van der Waals surface area contributed by atoms with Gasteiger partial charge in [0.05, 0.1) is 49.3 Å². The van der Waals surface area contributed by atoms with Crippen LogP contribution in [0.4, 0.5) is 0 Å². The molecule has 0 unspecified atom stereocenters. The quantitative estimate of drug-likeness (QED) is 0.203. The molecule has 54 heavy (non-hydrogen) atoms. The molecule has 0 radical (unpaired) electrons. The summed E-state index contributed by atoms with van der Waals surface area (Å²) in [5, 5.41) is 5.94. The Balaban J connectivity index is 1.77. The highest BCUT2D eigenvalue weighted by molar-refractivity contribution is 5.92. The van der Waals surface area contributed by atoms with Crippen LogP contribution in [0.3, 0.4) is 0 Å². The highest BCUT2D eigenvalue weighted by Crippen LogP contribution is 2.31. The van der Waals surface area contributed by atoms with Crippen molar-refractivity contribution in [3.8, 4) is 0 Å². The molecule has 2 heterocycles. The monoisotopic (exact) mass is 757 g/mol. The number of hydrogen-bond acceptors (Lipinski definition) is 9. The van der Waals surface area contributed by atoms with Crippen molar-refractivity contribution in [2.24, 2.45) is 17.8 Å². The molecule has 0 saturated carbocycles. The molecule has 0 aliphatic carbocycles. The third kappa shape index (κ3) is 10.6. The SMILES string of the molecule is CC[C@H](C)[C@@H]([C@@H](CC(=O)N1CCC[C@H]1[C@H](OC)[C@@H](C)C(=O)N[C@@H](Cc1ccccc1)C(=O)OC)OC)N(C)C(=O)[C@@H](NC(=O)[C@]1(C)CCCN1C)C(C)C. The topological polar surface area (TPSA) is 147 Å². The number of carbonyl (C=O) groups is 5. The Kier molecular flexibility index (Phi) is 16.9. The third-order valence-corrected chi connectivity index (χ3v) is 12.1. The summed E-state index contributed by atoms with van der Waals surface area (Å²) in [5.74, 6) is -2.35. The van der Waals surface area contributed by atoms with Gasteiger partial charge in [-0.15, -0.1) is 0 Å². The molecule has 1 aromatic carbocycles. The van der Waals surface area contributed by atoms with Crippen LogP contribution in [-0.4, -0.2) is 135 Å². The van der Waals surface area contributed by atoms with Crippen molar-refractivity contribution in [1.82, 2.24) is 25.3 Å². The minimum atomic E-state index is -0.887. The van der Waals surface area contributed by atoms with E-state index in [4.69, 9.17) is 14.2 Å². The molecule has 304 valence electrons. The van der Waals surface area contributed by atoms with Gasteiger partial charge in [-0.2, -0.15) is 0 Å². The van der Waals surface area contributed by atoms with E-state index in [9.17, 15) is 24.0 Å². The molecule has 13 heteroatoms. The Morgan fingerprint density at radius 1 is 0.963 bits per heavy atom. The van der Waals surface area contributed by atoms with Crippen LogP contribution in [0, 0.1) is 17.8 Å². The Bertz CT molecular complexity index is 1410. The Morgan fingerprint density at radius 2 is 1.63 bits per heavy atom. The first-order valence-electron chi connectivity index (χ1n) is 19.6. The van der Waals surface area contributed by atoms with Gasteiger partial charge in [-0.25, -0.2) is 4.79 Å². The average molecular weight is 758 g/mol. The standard InChI is InChI=1S/C41H67N5O8/c1-12-27(4)35(45(8)38(49)34(26(2)3)43-40(51)41(6)21-17-22-44(41)7)32(52-9)25-33(47)46-23-16-20-31(46)36(53-10)28(5)37(48)42-30(39(50)54-11)24-29-18-14-13-15-19-29/h13-15,18-19,26-28,30-32,34-36H,12,16-17,20-25H2,1-11H3,(H,42,48)(H,43,51)/t27-,28+,30-,31-,32+,34-,35-,36+,41-/m0/s1. The van der Waals surface area contributed by atoms with Crippen molar-refractivity contribution in [2.75, 3.05) is 48.5 Å². The van der Waals surface area contributed by atoms with Gasteiger partial charge < -0.3 is 34.6 Å². The van der Waals surface area contributed by atoms with Gasteiger partial charge in [0.2, 0.25) is 23.6 Å². The Hall–Kier alpha value is -3.55. The van der Waals surface area contributed by atoms with Crippen molar-refractivity contribution in [2.45, 2.75) is 128 Å². The lowest BCUT2D eigenvalue weighted by molar-refractivity contribution is -0.149. The van der Waals surface area contributed by atoms with Crippen molar-refractivity contribution >= 4 is 29.6 Å². The van der Waals surface area contributed by atoms with Crippen molar-refractivity contribution in [3.63, 3.8) is 0 Å². The maximum absolute atomic E-state index is 14.3. The maximum Gasteiger partial charge on any atom is 0.328 e. The second-order valence-electron chi connectivity index (χ2n) is 15.9. The lowest BCUT2D eigenvalue weighted by Crippen LogP contribution is -2.61. The molecule has 1 aromatic rings. The van der Waals surface area contributed by atoms with E-state index >= 15 is 0 Å². The molecule has 0 aromatic heterocycles. The highest BCUT2D eigenvalue weighted by atomic mass is 16.5. The second kappa shape index (κ2) is 20.4. The number of likely N-dealkylation sites (tertiary alicyclic amines) is 2. The number of benzene rings is 1. The van der Waals surface area contributed by atoms with Crippen LogP contribution in [0.2, 0.25) is 0 Å². The fourth-order valence-corrected chi connectivity index (χ4v) is 8.21. The van der Waals surface area contributed by atoms with E-state index < -0.39 is 47.8 Å². The summed E-state index contributed by atoms with van der Waals surface area (Å²) in [6, 6.07) is 6.91. The molecule has 2 N–H and O–H groups in total. The van der Waals surface area contributed by atoms with Crippen LogP contribution < -0.4 is 10.6 Å². The van der Waals surface area contributed by atoms with Crippen molar-refractivity contribution in [3.05, 3.63) is 35.9 Å². The van der Waals surface area contributed by atoms with E-state index in [2.05, 4.69) is 10.6 Å². The summed E-state index contributed by atoms with van der Waals surface area (Å²) < 4.78 is 17.0. The fourth-order valence-electron chi connectivity index (χ4n) is 8.21. The van der Waals surface area contributed by atoms with Gasteiger partial charge in [-0.3, -0.25) is 24.1 Å². The van der Waals surface area contributed by atoms with Crippen LogP contribution in [0.1, 0.15) is 85.6 Å². The van der Waals surface area contributed by atoms with E-state index in [0.717, 1.165) is 37.8 Å². The van der Waals surface area contributed by atoms with E-state index in [-0.39, 0.29) is 54.3 Å².